The van der Waals surface area contributed by atoms with Crippen LogP contribution in [0.2, 0.25) is 0 Å². The molecule has 2 heterocycles. The fourth-order valence-corrected chi connectivity index (χ4v) is 4.44. The summed E-state index contributed by atoms with van der Waals surface area (Å²) in [5.41, 5.74) is 5.78. The van der Waals surface area contributed by atoms with E-state index in [-0.39, 0.29) is 18.2 Å². The molecule has 1 amide bonds. The highest BCUT2D eigenvalue weighted by Gasteiger charge is 2.31. The lowest BCUT2D eigenvalue weighted by atomic mass is 10.1. The second-order valence-electron chi connectivity index (χ2n) is 6.95. The van der Waals surface area contributed by atoms with Gasteiger partial charge in [-0.2, -0.15) is 0 Å². The standard InChI is InChI=1S/C16H26BrN3O2S/c1-11(18)14(12-5-6-13(17)23-12)19-7-9-20(10-8-19)15(21)22-16(2,3)4/h5-6,11,14H,7-10,18H2,1-4H3. The van der Waals surface area contributed by atoms with Crippen molar-refractivity contribution in [2.24, 2.45) is 5.73 Å². The fourth-order valence-electron chi connectivity index (χ4n) is 2.77. The second kappa shape index (κ2) is 7.51. The Balaban J connectivity index is 1.98. The Bertz CT molecular complexity index is 534. The fraction of sp³-hybridized carbons (Fsp3) is 0.688. The summed E-state index contributed by atoms with van der Waals surface area (Å²) < 4.78 is 6.56. The van der Waals surface area contributed by atoms with Gasteiger partial charge in [-0.05, 0) is 55.8 Å². The molecule has 0 radical (unpaired) electrons. The van der Waals surface area contributed by atoms with Crippen LogP contribution in [0.3, 0.4) is 0 Å². The smallest absolute Gasteiger partial charge is 0.410 e. The molecule has 1 aromatic heterocycles. The highest BCUT2D eigenvalue weighted by molar-refractivity contribution is 9.11. The number of piperazine rings is 1. The van der Waals surface area contributed by atoms with E-state index in [4.69, 9.17) is 10.5 Å². The molecule has 2 rings (SSSR count). The first kappa shape index (κ1) is 18.7. The van der Waals surface area contributed by atoms with Crippen molar-refractivity contribution < 1.29 is 9.53 Å². The third kappa shape index (κ3) is 5.17. The van der Waals surface area contributed by atoms with Gasteiger partial charge in [0, 0.05) is 37.1 Å². The zero-order valence-electron chi connectivity index (χ0n) is 14.2. The van der Waals surface area contributed by atoms with E-state index in [2.05, 4.69) is 33.0 Å². The monoisotopic (exact) mass is 403 g/mol. The second-order valence-corrected chi connectivity index (χ2v) is 9.44. The van der Waals surface area contributed by atoms with Crippen LogP contribution in [-0.4, -0.2) is 53.7 Å². The van der Waals surface area contributed by atoms with E-state index < -0.39 is 5.60 Å². The zero-order valence-corrected chi connectivity index (χ0v) is 16.6. The highest BCUT2D eigenvalue weighted by Crippen LogP contribution is 2.33. The van der Waals surface area contributed by atoms with Crippen molar-refractivity contribution in [1.82, 2.24) is 9.80 Å². The van der Waals surface area contributed by atoms with Crippen LogP contribution >= 0.6 is 27.3 Å². The Morgan fingerprint density at radius 1 is 1.30 bits per heavy atom. The van der Waals surface area contributed by atoms with E-state index in [1.807, 2.05) is 27.7 Å². The molecule has 7 heteroatoms. The predicted octanol–water partition coefficient (Wildman–Crippen LogP) is 3.45. The number of nitrogens with two attached hydrogens (primary N) is 1. The molecule has 0 bridgehead atoms. The number of hydrogen-bond acceptors (Lipinski definition) is 5. The molecule has 0 saturated carbocycles. The van der Waals surface area contributed by atoms with Crippen LogP contribution < -0.4 is 5.73 Å². The van der Waals surface area contributed by atoms with Crippen LogP contribution in [-0.2, 0) is 4.74 Å². The van der Waals surface area contributed by atoms with E-state index in [1.165, 1.54) is 4.88 Å². The van der Waals surface area contributed by atoms with E-state index in [0.29, 0.717) is 13.1 Å². The molecule has 5 nitrogen and oxygen atoms in total. The number of nitrogens with zero attached hydrogens (tertiary/aromatic N) is 2. The van der Waals surface area contributed by atoms with E-state index in [0.717, 1.165) is 16.9 Å². The van der Waals surface area contributed by atoms with Crippen LogP contribution in [0.4, 0.5) is 4.79 Å². The molecule has 1 aliphatic rings. The van der Waals surface area contributed by atoms with Crippen molar-refractivity contribution in [3.63, 3.8) is 0 Å². The maximum absolute atomic E-state index is 12.2. The Morgan fingerprint density at radius 3 is 2.35 bits per heavy atom. The number of hydrogen-bond donors (Lipinski definition) is 1. The van der Waals surface area contributed by atoms with Crippen molar-refractivity contribution in [2.75, 3.05) is 26.2 Å². The van der Waals surface area contributed by atoms with E-state index >= 15 is 0 Å². The number of carbonyl (C=O) groups excluding carboxylic acids is 1. The number of amides is 1. The number of rotatable bonds is 3. The number of ether oxygens (including phenoxy) is 1. The molecule has 1 saturated heterocycles. The first-order valence-corrected chi connectivity index (χ1v) is 9.51. The highest BCUT2D eigenvalue weighted by atomic mass is 79.9. The van der Waals surface area contributed by atoms with Gasteiger partial charge in [-0.1, -0.05) is 0 Å². The Morgan fingerprint density at radius 2 is 1.91 bits per heavy atom. The van der Waals surface area contributed by atoms with E-state index in [9.17, 15) is 4.79 Å². The van der Waals surface area contributed by atoms with Crippen molar-refractivity contribution in [2.45, 2.75) is 45.4 Å². The summed E-state index contributed by atoms with van der Waals surface area (Å²) >= 11 is 5.24. The first-order chi connectivity index (χ1) is 10.7. The third-order valence-corrected chi connectivity index (χ3v) is 5.44. The maximum Gasteiger partial charge on any atom is 0.410 e. The van der Waals surface area contributed by atoms with Crippen molar-refractivity contribution in [3.8, 4) is 0 Å². The summed E-state index contributed by atoms with van der Waals surface area (Å²) in [7, 11) is 0. The normalized spacial score (nSPS) is 19.5. The van der Waals surface area contributed by atoms with Crippen molar-refractivity contribution >= 4 is 33.4 Å². The van der Waals surface area contributed by atoms with Crippen LogP contribution in [0.25, 0.3) is 0 Å². The Hall–Kier alpha value is -0.630. The van der Waals surface area contributed by atoms with Crippen LogP contribution in [0, 0.1) is 0 Å². The van der Waals surface area contributed by atoms with Gasteiger partial charge in [0.1, 0.15) is 5.60 Å². The largest absolute Gasteiger partial charge is 0.444 e. The Labute approximate surface area is 150 Å². The topological polar surface area (TPSA) is 58.8 Å². The van der Waals surface area contributed by atoms with Gasteiger partial charge in [-0.3, -0.25) is 4.90 Å². The molecular weight excluding hydrogens is 378 g/mol. The van der Waals surface area contributed by atoms with Crippen LogP contribution in [0.15, 0.2) is 15.9 Å². The number of halogens is 1. The molecule has 0 aliphatic carbocycles. The van der Waals surface area contributed by atoms with Crippen LogP contribution in [0.5, 0.6) is 0 Å². The summed E-state index contributed by atoms with van der Waals surface area (Å²) in [6, 6.07) is 4.41. The molecule has 1 aliphatic heterocycles. The third-order valence-electron chi connectivity index (χ3n) is 3.74. The van der Waals surface area contributed by atoms with E-state index in [1.54, 1.807) is 16.2 Å². The molecular formula is C16H26BrN3O2S. The number of carbonyl (C=O) groups is 1. The summed E-state index contributed by atoms with van der Waals surface area (Å²) in [5, 5.41) is 0. The molecule has 2 unspecified atom stereocenters. The average Bonchev–Trinajstić information content (AvgIpc) is 2.83. The molecule has 0 spiro atoms. The van der Waals surface area contributed by atoms with Gasteiger partial charge in [-0.25, -0.2) is 4.79 Å². The summed E-state index contributed by atoms with van der Waals surface area (Å²) in [5.74, 6) is 0. The van der Waals surface area contributed by atoms with Gasteiger partial charge >= 0.3 is 6.09 Å². The van der Waals surface area contributed by atoms with Crippen molar-refractivity contribution in [1.29, 1.82) is 0 Å². The molecule has 0 aromatic carbocycles. The van der Waals surface area contributed by atoms with Crippen molar-refractivity contribution in [3.05, 3.63) is 20.8 Å². The quantitative estimate of drug-likeness (QED) is 0.839. The first-order valence-electron chi connectivity index (χ1n) is 7.90. The summed E-state index contributed by atoms with van der Waals surface area (Å²) in [6.45, 7) is 10.7. The van der Waals surface area contributed by atoms with Gasteiger partial charge in [0.15, 0.2) is 0 Å². The summed E-state index contributed by atoms with van der Waals surface area (Å²) in [6.07, 6.45) is -0.228. The SMILES string of the molecule is CC(N)C(c1ccc(Br)s1)N1CCN(C(=O)OC(C)(C)C)CC1. The lowest BCUT2D eigenvalue weighted by Gasteiger charge is -2.40. The lowest BCUT2D eigenvalue weighted by Crippen LogP contribution is -2.53. The minimum Gasteiger partial charge on any atom is -0.444 e. The van der Waals surface area contributed by atoms with Crippen LogP contribution in [0.1, 0.15) is 38.6 Å². The molecule has 2 atom stereocenters. The predicted molar refractivity (Wildman–Crippen MR) is 97.8 cm³/mol. The van der Waals surface area contributed by atoms with Gasteiger partial charge in [-0.15, -0.1) is 11.3 Å². The number of thiophene rings is 1. The molecule has 2 N–H and O–H groups in total. The van der Waals surface area contributed by atoms with Gasteiger partial charge in [0.05, 0.1) is 9.83 Å². The Kier molecular flexibility index (Phi) is 6.10. The minimum atomic E-state index is -0.453. The average molecular weight is 404 g/mol. The summed E-state index contributed by atoms with van der Waals surface area (Å²) in [4.78, 5) is 17.6. The molecule has 130 valence electrons. The molecule has 1 aromatic rings. The van der Waals surface area contributed by atoms with Gasteiger partial charge in [0.2, 0.25) is 0 Å². The molecule has 1 fully saturated rings. The zero-order chi connectivity index (χ0) is 17.2. The maximum atomic E-state index is 12.2. The minimum absolute atomic E-state index is 0.0358. The molecule has 23 heavy (non-hydrogen) atoms. The van der Waals surface area contributed by atoms with Gasteiger partial charge < -0.3 is 15.4 Å². The lowest BCUT2D eigenvalue weighted by molar-refractivity contribution is 0.00933. The van der Waals surface area contributed by atoms with Gasteiger partial charge in [0.25, 0.3) is 0 Å².